The molecule has 0 saturated carbocycles. The Hall–Kier alpha value is -3.68. The second kappa shape index (κ2) is 9.31. The van der Waals surface area contributed by atoms with E-state index in [0.29, 0.717) is 29.7 Å². The molecule has 0 fully saturated rings. The number of ether oxygens (including phenoxy) is 2. The number of nitrogens with one attached hydrogen (secondary N) is 2. The van der Waals surface area contributed by atoms with Crippen LogP contribution in [0, 0.1) is 0 Å². The molecule has 2 N–H and O–H groups in total. The summed E-state index contributed by atoms with van der Waals surface area (Å²) in [5.41, 5.74) is 1.84. The van der Waals surface area contributed by atoms with Crippen LogP contribution >= 0.6 is 0 Å². The molecule has 2 heterocycles. The molecule has 3 aromatic rings. The van der Waals surface area contributed by atoms with Crippen molar-refractivity contribution < 1.29 is 14.3 Å². The van der Waals surface area contributed by atoms with Gasteiger partial charge in [0.1, 0.15) is 5.82 Å². The topological polar surface area (TPSA) is 98.3 Å². The predicted molar refractivity (Wildman–Crippen MR) is 105 cm³/mol. The number of carbonyl (C=O) groups is 1. The van der Waals surface area contributed by atoms with Gasteiger partial charge in [-0.2, -0.15) is 0 Å². The molecule has 0 aliphatic carbocycles. The van der Waals surface area contributed by atoms with Crippen molar-refractivity contribution in [2.75, 3.05) is 24.9 Å². The molecule has 144 valence electrons. The molecule has 28 heavy (non-hydrogen) atoms. The first-order valence-electron chi connectivity index (χ1n) is 8.65. The van der Waals surface area contributed by atoms with Crippen molar-refractivity contribution in [3.63, 3.8) is 0 Å². The second-order valence-electron chi connectivity index (χ2n) is 5.93. The van der Waals surface area contributed by atoms with Crippen molar-refractivity contribution in [2.45, 2.75) is 13.0 Å². The lowest BCUT2D eigenvalue weighted by atomic mass is 10.1. The van der Waals surface area contributed by atoms with E-state index in [4.69, 9.17) is 9.47 Å². The molecule has 0 spiro atoms. The molecule has 0 aliphatic rings. The van der Waals surface area contributed by atoms with Gasteiger partial charge in [0.15, 0.2) is 17.3 Å². The van der Waals surface area contributed by atoms with Gasteiger partial charge in [-0.1, -0.05) is 12.1 Å². The molecule has 0 bridgehead atoms. The minimum atomic E-state index is -0.197. The van der Waals surface area contributed by atoms with Crippen LogP contribution in [0.15, 0.2) is 54.9 Å². The van der Waals surface area contributed by atoms with Gasteiger partial charge in [-0.05, 0) is 41.5 Å². The number of pyridine rings is 1. The number of hydrogen-bond acceptors (Lipinski definition) is 7. The Bertz CT molecular complexity index is 917. The molecule has 0 unspecified atom stereocenters. The Kier molecular flexibility index (Phi) is 6.35. The summed E-state index contributed by atoms with van der Waals surface area (Å²) < 4.78 is 10.5. The van der Waals surface area contributed by atoms with Gasteiger partial charge in [0.2, 0.25) is 5.91 Å². The van der Waals surface area contributed by atoms with Crippen molar-refractivity contribution in [1.82, 2.24) is 15.2 Å². The van der Waals surface area contributed by atoms with E-state index in [1.807, 2.05) is 18.2 Å². The van der Waals surface area contributed by atoms with Crippen molar-refractivity contribution >= 4 is 17.5 Å². The maximum atomic E-state index is 12.3. The highest BCUT2D eigenvalue weighted by molar-refractivity contribution is 5.91. The molecule has 1 amide bonds. The Morgan fingerprint density at radius 2 is 1.75 bits per heavy atom. The highest BCUT2D eigenvalue weighted by Gasteiger charge is 2.09. The summed E-state index contributed by atoms with van der Waals surface area (Å²) in [7, 11) is 3.12. The van der Waals surface area contributed by atoms with E-state index in [0.717, 1.165) is 11.1 Å². The Morgan fingerprint density at radius 1 is 0.964 bits per heavy atom. The summed E-state index contributed by atoms with van der Waals surface area (Å²) in [6, 6.07) is 12.7. The maximum absolute atomic E-state index is 12.3. The quantitative estimate of drug-likeness (QED) is 0.621. The lowest BCUT2D eigenvalue weighted by Crippen LogP contribution is -2.16. The van der Waals surface area contributed by atoms with Gasteiger partial charge in [0, 0.05) is 18.9 Å². The first-order valence-corrected chi connectivity index (χ1v) is 8.65. The monoisotopic (exact) mass is 379 g/mol. The molecule has 1 aromatic carbocycles. The normalized spacial score (nSPS) is 10.2. The number of methoxy groups -OCH3 is 2. The molecule has 2 aromatic heterocycles. The van der Waals surface area contributed by atoms with Crippen LogP contribution in [0.3, 0.4) is 0 Å². The first-order chi connectivity index (χ1) is 13.7. The molecule has 0 atom stereocenters. The minimum absolute atomic E-state index is 0.184. The van der Waals surface area contributed by atoms with Gasteiger partial charge in [0.25, 0.3) is 0 Å². The molecular weight excluding hydrogens is 358 g/mol. The number of nitrogens with zero attached hydrogens (tertiary/aromatic N) is 3. The lowest BCUT2D eigenvalue weighted by Gasteiger charge is -2.10. The fraction of sp³-hybridized carbons (Fsp3) is 0.200. The minimum Gasteiger partial charge on any atom is -0.493 e. The Morgan fingerprint density at radius 3 is 2.43 bits per heavy atom. The van der Waals surface area contributed by atoms with Crippen LogP contribution in [0.25, 0.3) is 0 Å². The van der Waals surface area contributed by atoms with Crippen LogP contribution in [0.5, 0.6) is 11.5 Å². The standard InChI is InChI=1S/C20H21N5O3/c1-27-16-6-5-14(10-17(16)28-2)11-20(26)23-19-8-7-18(24-25-19)22-13-15-4-3-9-21-12-15/h3-10,12H,11,13H2,1-2H3,(H,22,24)(H,23,25,26). The van der Waals surface area contributed by atoms with Gasteiger partial charge in [0.05, 0.1) is 20.6 Å². The number of hydrogen-bond donors (Lipinski definition) is 2. The van der Waals surface area contributed by atoms with Crippen LogP contribution in [-0.4, -0.2) is 35.3 Å². The summed E-state index contributed by atoms with van der Waals surface area (Å²) in [6.07, 6.45) is 3.69. The van der Waals surface area contributed by atoms with E-state index in [9.17, 15) is 4.79 Å². The van der Waals surface area contributed by atoms with Gasteiger partial charge in [-0.25, -0.2) is 0 Å². The summed E-state index contributed by atoms with van der Waals surface area (Å²) in [6.45, 7) is 0.591. The van der Waals surface area contributed by atoms with Gasteiger partial charge in [-0.3, -0.25) is 9.78 Å². The zero-order valence-electron chi connectivity index (χ0n) is 15.7. The van der Waals surface area contributed by atoms with Crippen molar-refractivity contribution in [3.8, 4) is 11.5 Å². The predicted octanol–water partition coefficient (Wildman–Crippen LogP) is 2.68. The zero-order chi connectivity index (χ0) is 19.8. The zero-order valence-corrected chi connectivity index (χ0v) is 15.7. The molecule has 0 saturated heterocycles. The summed E-state index contributed by atoms with van der Waals surface area (Å²) in [5.74, 6) is 2.00. The summed E-state index contributed by atoms with van der Waals surface area (Å²) in [4.78, 5) is 16.3. The average molecular weight is 379 g/mol. The second-order valence-corrected chi connectivity index (χ2v) is 5.93. The van der Waals surface area contributed by atoms with Gasteiger partial charge < -0.3 is 20.1 Å². The SMILES string of the molecule is COc1ccc(CC(=O)Nc2ccc(NCc3cccnc3)nn2)cc1OC. The fourth-order valence-electron chi connectivity index (χ4n) is 2.55. The first kappa shape index (κ1) is 19.1. The van der Waals surface area contributed by atoms with Gasteiger partial charge >= 0.3 is 0 Å². The third-order valence-corrected chi connectivity index (χ3v) is 3.94. The maximum Gasteiger partial charge on any atom is 0.229 e. The highest BCUT2D eigenvalue weighted by Crippen LogP contribution is 2.27. The average Bonchev–Trinajstić information content (AvgIpc) is 2.74. The van der Waals surface area contributed by atoms with Crippen molar-refractivity contribution in [2.24, 2.45) is 0 Å². The molecular formula is C20H21N5O3. The van der Waals surface area contributed by atoms with E-state index in [1.54, 1.807) is 50.9 Å². The van der Waals surface area contributed by atoms with Crippen LogP contribution in [0.2, 0.25) is 0 Å². The number of aromatic nitrogens is 3. The van der Waals surface area contributed by atoms with E-state index < -0.39 is 0 Å². The lowest BCUT2D eigenvalue weighted by molar-refractivity contribution is -0.115. The summed E-state index contributed by atoms with van der Waals surface area (Å²) in [5, 5.41) is 14.0. The molecule has 3 rings (SSSR count). The number of rotatable bonds is 8. The largest absolute Gasteiger partial charge is 0.493 e. The number of anilines is 2. The Balaban J connectivity index is 1.54. The molecule has 0 radical (unpaired) electrons. The molecule has 8 heteroatoms. The van der Waals surface area contributed by atoms with Crippen LogP contribution in [0.1, 0.15) is 11.1 Å². The van der Waals surface area contributed by atoms with Crippen LogP contribution in [-0.2, 0) is 17.8 Å². The van der Waals surface area contributed by atoms with Crippen LogP contribution < -0.4 is 20.1 Å². The van der Waals surface area contributed by atoms with Crippen molar-refractivity contribution in [3.05, 3.63) is 66.0 Å². The summed E-state index contributed by atoms with van der Waals surface area (Å²) >= 11 is 0. The van der Waals surface area contributed by atoms with E-state index in [-0.39, 0.29) is 12.3 Å². The van der Waals surface area contributed by atoms with Gasteiger partial charge in [-0.15, -0.1) is 10.2 Å². The van der Waals surface area contributed by atoms with E-state index >= 15 is 0 Å². The number of carbonyl (C=O) groups excluding carboxylic acids is 1. The number of benzene rings is 1. The smallest absolute Gasteiger partial charge is 0.229 e. The number of amides is 1. The molecule has 8 nitrogen and oxygen atoms in total. The van der Waals surface area contributed by atoms with Crippen molar-refractivity contribution in [1.29, 1.82) is 0 Å². The molecule has 0 aliphatic heterocycles. The van der Waals surface area contributed by atoms with E-state index in [2.05, 4.69) is 25.8 Å². The third kappa shape index (κ3) is 5.16. The fourth-order valence-corrected chi connectivity index (χ4v) is 2.55. The highest BCUT2D eigenvalue weighted by atomic mass is 16.5. The third-order valence-electron chi connectivity index (χ3n) is 3.94. The van der Waals surface area contributed by atoms with Crippen LogP contribution in [0.4, 0.5) is 11.6 Å². The van der Waals surface area contributed by atoms with E-state index in [1.165, 1.54) is 0 Å². The Labute approximate surface area is 162 Å².